The highest BCUT2D eigenvalue weighted by molar-refractivity contribution is 9.10. The molecule has 0 fully saturated rings. The molecule has 0 aromatic carbocycles. The summed E-state index contributed by atoms with van der Waals surface area (Å²) in [6.45, 7) is 6.20. The lowest BCUT2D eigenvalue weighted by Gasteiger charge is -2.20. The van der Waals surface area contributed by atoms with E-state index in [0.29, 0.717) is 15.8 Å². The zero-order chi connectivity index (χ0) is 16.9. The average molecular weight is 377 g/mol. The van der Waals surface area contributed by atoms with Crippen LogP contribution in [-0.2, 0) is 12.5 Å². The predicted octanol–water partition coefficient (Wildman–Crippen LogP) is 4.02. The summed E-state index contributed by atoms with van der Waals surface area (Å²) < 4.78 is 3.59. The van der Waals surface area contributed by atoms with Crippen LogP contribution in [0.15, 0.2) is 29.3 Å². The van der Waals surface area contributed by atoms with Crippen LogP contribution in [0.1, 0.15) is 26.3 Å². The van der Waals surface area contributed by atoms with Crippen molar-refractivity contribution in [2.75, 3.05) is 0 Å². The van der Waals surface area contributed by atoms with Gasteiger partial charge in [0, 0.05) is 30.4 Å². The van der Waals surface area contributed by atoms with Crippen molar-refractivity contribution in [2.45, 2.75) is 26.2 Å². The smallest absolute Gasteiger partial charge is 0.416 e. The number of pyridine rings is 1. The molecular weight excluding hydrogens is 360 g/mol. The minimum absolute atomic E-state index is 0.250. The van der Waals surface area contributed by atoms with Crippen molar-refractivity contribution < 1.29 is 9.90 Å². The van der Waals surface area contributed by atoms with Gasteiger partial charge in [0.05, 0.1) is 17.4 Å². The van der Waals surface area contributed by atoms with Gasteiger partial charge < -0.3 is 5.11 Å². The molecule has 7 heteroatoms. The summed E-state index contributed by atoms with van der Waals surface area (Å²) in [5.74, 6) is 0. The van der Waals surface area contributed by atoms with Crippen LogP contribution in [0.25, 0.3) is 22.2 Å². The second-order valence-corrected chi connectivity index (χ2v) is 7.33. The van der Waals surface area contributed by atoms with E-state index >= 15 is 0 Å². The molecule has 0 saturated carbocycles. The van der Waals surface area contributed by atoms with Gasteiger partial charge in [-0.05, 0) is 33.0 Å². The summed E-state index contributed by atoms with van der Waals surface area (Å²) in [7, 11) is 1.81. The second-order valence-electron chi connectivity index (χ2n) is 6.52. The van der Waals surface area contributed by atoms with Crippen LogP contribution in [0.3, 0.4) is 0 Å². The minimum Gasteiger partial charge on any atom is -0.464 e. The van der Waals surface area contributed by atoms with Gasteiger partial charge in [-0.15, -0.1) is 0 Å². The van der Waals surface area contributed by atoms with E-state index in [-0.39, 0.29) is 5.41 Å². The first kappa shape index (κ1) is 15.7. The Morgan fingerprint density at radius 1 is 1.30 bits per heavy atom. The highest BCUT2D eigenvalue weighted by Crippen LogP contribution is 2.41. The van der Waals surface area contributed by atoms with Crippen molar-refractivity contribution in [1.82, 2.24) is 19.3 Å². The van der Waals surface area contributed by atoms with Crippen LogP contribution in [0, 0.1) is 0 Å². The third-order valence-corrected chi connectivity index (χ3v) is 4.17. The van der Waals surface area contributed by atoms with Gasteiger partial charge in [-0.25, -0.2) is 14.3 Å². The second kappa shape index (κ2) is 5.19. The third-order valence-electron chi connectivity index (χ3n) is 3.74. The fourth-order valence-corrected chi connectivity index (χ4v) is 3.25. The first-order valence-electron chi connectivity index (χ1n) is 7.13. The van der Waals surface area contributed by atoms with Gasteiger partial charge in [0.1, 0.15) is 4.60 Å². The first-order chi connectivity index (χ1) is 10.7. The molecule has 0 radical (unpaired) electrons. The maximum absolute atomic E-state index is 12.0. The molecule has 0 aliphatic carbocycles. The molecule has 0 bridgehead atoms. The van der Waals surface area contributed by atoms with E-state index in [2.05, 4.69) is 46.8 Å². The lowest BCUT2D eigenvalue weighted by Crippen LogP contribution is -2.15. The van der Waals surface area contributed by atoms with Gasteiger partial charge in [-0.1, -0.05) is 20.8 Å². The standard InChI is InChI=1S/C16H17BrN4O2/c1-16(2,3)13-10-7-18-12(17)5-11(10)21(15(22)23)14(13)9-6-19-20(4)8-9/h5-8H,1-4H3,(H,22,23). The minimum atomic E-state index is -1.03. The van der Waals surface area contributed by atoms with Crippen molar-refractivity contribution in [2.24, 2.45) is 7.05 Å². The fraction of sp³-hybridized carbons (Fsp3) is 0.312. The number of hydrogen-bond acceptors (Lipinski definition) is 3. The molecule has 0 atom stereocenters. The SMILES string of the molecule is Cn1cc(-c2c(C(C)(C)C)c3cnc(Br)cc3n2C(=O)O)cn1. The van der Waals surface area contributed by atoms with Crippen LogP contribution in [0.2, 0.25) is 0 Å². The number of carboxylic acid groups (broad SMARTS) is 1. The Morgan fingerprint density at radius 3 is 2.52 bits per heavy atom. The van der Waals surface area contributed by atoms with Gasteiger partial charge >= 0.3 is 6.09 Å². The number of rotatable bonds is 1. The molecule has 3 aromatic rings. The summed E-state index contributed by atoms with van der Waals surface area (Å²) >= 11 is 3.33. The summed E-state index contributed by atoms with van der Waals surface area (Å²) in [6, 6.07) is 1.73. The third kappa shape index (κ3) is 2.55. The van der Waals surface area contributed by atoms with E-state index in [1.54, 1.807) is 23.1 Å². The highest BCUT2D eigenvalue weighted by Gasteiger charge is 2.30. The number of carbonyl (C=O) groups is 1. The zero-order valence-electron chi connectivity index (χ0n) is 13.3. The highest BCUT2D eigenvalue weighted by atomic mass is 79.9. The van der Waals surface area contributed by atoms with Crippen molar-refractivity contribution in [1.29, 1.82) is 0 Å². The zero-order valence-corrected chi connectivity index (χ0v) is 14.9. The van der Waals surface area contributed by atoms with Gasteiger partial charge in [0.25, 0.3) is 0 Å². The number of fused-ring (bicyclic) bond motifs is 1. The van der Waals surface area contributed by atoms with Gasteiger partial charge in [0.15, 0.2) is 0 Å². The Labute approximate surface area is 141 Å². The van der Waals surface area contributed by atoms with E-state index in [4.69, 9.17) is 0 Å². The van der Waals surface area contributed by atoms with E-state index < -0.39 is 6.09 Å². The summed E-state index contributed by atoms with van der Waals surface area (Å²) in [6.07, 6.45) is 4.21. The Hall–Kier alpha value is -2.15. The molecule has 0 saturated heterocycles. The number of halogens is 1. The quantitative estimate of drug-likeness (QED) is 0.650. The maximum Gasteiger partial charge on any atom is 0.416 e. The summed E-state index contributed by atoms with van der Waals surface area (Å²) in [5, 5.41) is 14.8. The molecule has 3 heterocycles. The van der Waals surface area contributed by atoms with E-state index in [1.165, 1.54) is 4.57 Å². The average Bonchev–Trinajstić information content (AvgIpc) is 2.98. The van der Waals surface area contributed by atoms with Crippen molar-refractivity contribution in [3.8, 4) is 11.3 Å². The lowest BCUT2D eigenvalue weighted by molar-refractivity contribution is 0.198. The van der Waals surface area contributed by atoms with Gasteiger partial charge in [0.2, 0.25) is 0 Å². The first-order valence-corrected chi connectivity index (χ1v) is 7.92. The molecule has 1 N–H and O–H groups in total. The maximum atomic E-state index is 12.0. The van der Waals surface area contributed by atoms with E-state index in [0.717, 1.165) is 16.5 Å². The van der Waals surface area contributed by atoms with Crippen LogP contribution < -0.4 is 0 Å². The summed E-state index contributed by atoms with van der Waals surface area (Å²) in [4.78, 5) is 16.3. The Balaban J connectivity index is 2.53. The molecule has 6 nitrogen and oxygen atoms in total. The van der Waals surface area contributed by atoms with Crippen LogP contribution in [-0.4, -0.2) is 30.5 Å². The van der Waals surface area contributed by atoms with Crippen LogP contribution in [0.4, 0.5) is 4.79 Å². The topological polar surface area (TPSA) is 72.9 Å². The molecule has 23 heavy (non-hydrogen) atoms. The normalized spacial score (nSPS) is 12.0. The number of hydrogen-bond donors (Lipinski definition) is 1. The molecule has 3 aromatic heterocycles. The Kier molecular flexibility index (Phi) is 3.55. The van der Waals surface area contributed by atoms with Crippen LogP contribution in [0.5, 0.6) is 0 Å². The van der Waals surface area contributed by atoms with Crippen molar-refractivity contribution in [3.63, 3.8) is 0 Å². The van der Waals surface area contributed by atoms with Crippen LogP contribution >= 0.6 is 15.9 Å². The Bertz CT molecular complexity index is 918. The lowest BCUT2D eigenvalue weighted by atomic mass is 9.84. The van der Waals surface area contributed by atoms with Crippen molar-refractivity contribution >= 4 is 32.9 Å². The summed E-state index contributed by atoms with van der Waals surface area (Å²) in [5.41, 5.74) is 2.73. The largest absolute Gasteiger partial charge is 0.464 e. The predicted molar refractivity (Wildman–Crippen MR) is 91.8 cm³/mol. The molecule has 0 spiro atoms. The Morgan fingerprint density at radius 2 is 2.00 bits per heavy atom. The van der Waals surface area contributed by atoms with Gasteiger partial charge in [-0.2, -0.15) is 5.10 Å². The number of nitrogens with zero attached hydrogens (tertiary/aromatic N) is 4. The van der Waals surface area contributed by atoms with Crippen molar-refractivity contribution in [3.05, 3.63) is 34.8 Å². The molecule has 120 valence electrons. The molecule has 3 rings (SSSR count). The molecule has 0 aliphatic rings. The molecule has 0 unspecified atom stereocenters. The molecule has 0 aliphatic heterocycles. The molecular formula is C16H17BrN4O2. The fourth-order valence-electron chi connectivity index (χ4n) is 2.93. The molecule has 0 amide bonds. The van der Waals surface area contributed by atoms with E-state index in [9.17, 15) is 9.90 Å². The number of aryl methyl sites for hydroxylation is 1. The van der Waals surface area contributed by atoms with Gasteiger partial charge in [-0.3, -0.25) is 4.68 Å². The number of aromatic nitrogens is 4. The monoisotopic (exact) mass is 376 g/mol. The van der Waals surface area contributed by atoms with E-state index in [1.807, 2.05) is 13.2 Å².